The van der Waals surface area contributed by atoms with E-state index in [9.17, 15) is 0 Å². The number of rotatable bonds is 5. The lowest BCUT2D eigenvalue weighted by Gasteiger charge is -2.29. The minimum atomic E-state index is -2.31. The third-order valence-corrected chi connectivity index (χ3v) is 7.58. The predicted octanol–water partition coefficient (Wildman–Crippen LogP) is 4.10. The van der Waals surface area contributed by atoms with Gasteiger partial charge in [0.2, 0.25) is 0 Å². The first kappa shape index (κ1) is 15.3. The van der Waals surface area contributed by atoms with Gasteiger partial charge in [-0.15, -0.1) is 0 Å². The zero-order valence-corrected chi connectivity index (χ0v) is 14.3. The summed E-state index contributed by atoms with van der Waals surface area (Å²) in [6.45, 7) is 6.09. The average molecular weight is 316 g/mol. The van der Waals surface area contributed by atoms with Gasteiger partial charge < -0.3 is 4.43 Å². The van der Waals surface area contributed by atoms with Gasteiger partial charge in [-0.25, -0.2) is 0 Å². The Morgan fingerprint density at radius 2 is 1.35 bits per heavy atom. The van der Waals surface area contributed by atoms with Gasteiger partial charge in [-0.3, -0.25) is 0 Å². The maximum Gasteiger partial charge on any atom is 0.311 e. The Balaban J connectivity index is 2.07. The quantitative estimate of drug-likeness (QED) is 0.644. The molecule has 114 valence electrons. The highest BCUT2D eigenvalue weighted by molar-refractivity contribution is 6.97. The van der Waals surface area contributed by atoms with Crippen molar-refractivity contribution in [1.29, 1.82) is 0 Å². The first-order valence-corrected chi connectivity index (χ1v) is 10.2. The first-order chi connectivity index (χ1) is 11.2. The van der Waals surface area contributed by atoms with Crippen molar-refractivity contribution in [3.05, 3.63) is 97.1 Å². The van der Waals surface area contributed by atoms with Gasteiger partial charge in [0.05, 0.1) is 0 Å². The van der Waals surface area contributed by atoms with Crippen molar-refractivity contribution >= 4 is 24.8 Å². The molecule has 0 amide bonds. The summed E-state index contributed by atoms with van der Waals surface area (Å²) in [5, 5.41) is 2.52. The first-order valence-electron chi connectivity index (χ1n) is 7.75. The molecule has 3 aromatic rings. The average Bonchev–Trinajstić information content (AvgIpc) is 2.63. The van der Waals surface area contributed by atoms with Crippen LogP contribution in [0.1, 0.15) is 5.56 Å². The molecule has 1 nitrogen and oxygen atoms in total. The van der Waals surface area contributed by atoms with Crippen molar-refractivity contribution in [2.45, 2.75) is 6.55 Å². The third kappa shape index (κ3) is 3.27. The summed E-state index contributed by atoms with van der Waals surface area (Å²) >= 11 is 0. The molecular formula is C21H20OSi. The molecule has 0 radical (unpaired) electrons. The van der Waals surface area contributed by atoms with Crippen LogP contribution in [0.2, 0.25) is 6.55 Å². The van der Waals surface area contributed by atoms with Gasteiger partial charge >= 0.3 is 8.32 Å². The van der Waals surface area contributed by atoms with E-state index in [-0.39, 0.29) is 0 Å². The smallest absolute Gasteiger partial charge is 0.311 e. The summed E-state index contributed by atoms with van der Waals surface area (Å²) in [5.74, 6) is 0.893. The Hall–Kier alpha value is -2.58. The normalized spacial score (nSPS) is 11.0. The zero-order chi connectivity index (χ0) is 16.1. The lowest BCUT2D eigenvalue weighted by atomic mass is 10.2. The minimum absolute atomic E-state index is 0.893. The van der Waals surface area contributed by atoms with Crippen molar-refractivity contribution in [2.75, 3.05) is 0 Å². The van der Waals surface area contributed by atoms with Crippen molar-refractivity contribution in [2.24, 2.45) is 0 Å². The maximum absolute atomic E-state index is 6.61. The maximum atomic E-state index is 6.61. The van der Waals surface area contributed by atoms with Crippen LogP contribution >= 0.6 is 0 Å². The van der Waals surface area contributed by atoms with Crippen LogP contribution in [0.3, 0.4) is 0 Å². The molecule has 0 aliphatic carbocycles. The molecule has 3 aromatic carbocycles. The van der Waals surface area contributed by atoms with Crippen molar-refractivity contribution in [3.8, 4) is 5.75 Å². The highest BCUT2D eigenvalue weighted by Crippen LogP contribution is 2.19. The molecule has 0 heterocycles. The number of hydrogen-bond donors (Lipinski definition) is 0. The van der Waals surface area contributed by atoms with E-state index in [1.54, 1.807) is 0 Å². The topological polar surface area (TPSA) is 9.23 Å². The van der Waals surface area contributed by atoms with E-state index in [0.29, 0.717) is 0 Å². The van der Waals surface area contributed by atoms with E-state index in [1.807, 2.05) is 42.5 Å². The van der Waals surface area contributed by atoms with E-state index in [2.05, 4.69) is 61.7 Å². The summed E-state index contributed by atoms with van der Waals surface area (Å²) in [7, 11) is -2.31. The van der Waals surface area contributed by atoms with E-state index < -0.39 is 8.32 Å². The van der Waals surface area contributed by atoms with Crippen LogP contribution < -0.4 is 14.8 Å². The second-order valence-electron chi connectivity index (χ2n) is 5.64. The monoisotopic (exact) mass is 316 g/mol. The fourth-order valence-corrected chi connectivity index (χ4v) is 5.56. The van der Waals surface area contributed by atoms with Crippen LogP contribution in [0, 0.1) is 0 Å². The standard InChI is InChI=1S/C21H20OSi/c1-3-18-11-10-12-19(17-18)22-23(2,20-13-6-4-7-14-20)21-15-8-5-9-16-21/h3-17H,1H2,2H3. The summed E-state index contributed by atoms with van der Waals surface area (Å²) < 4.78 is 6.61. The lowest BCUT2D eigenvalue weighted by Crippen LogP contribution is -2.60. The molecule has 0 saturated carbocycles. The fraction of sp³-hybridized carbons (Fsp3) is 0.0476. The molecule has 0 bridgehead atoms. The van der Waals surface area contributed by atoms with Crippen LogP contribution in [0.4, 0.5) is 0 Å². The van der Waals surface area contributed by atoms with Gasteiger partial charge in [-0.2, -0.15) is 0 Å². The zero-order valence-electron chi connectivity index (χ0n) is 13.3. The van der Waals surface area contributed by atoms with Gasteiger partial charge in [0.1, 0.15) is 5.75 Å². The summed E-state index contributed by atoms with van der Waals surface area (Å²) in [4.78, 5) is 0. The second kappa shape index (κ2) is 6.67. The summed E-state index contributed by atoms with van der Waals surface area (Å²) in [6.07, 6.45) is 1.84. The SMILES string of the molecule is C=Cc1cccc(O[Si](C)(c2ccccc2)c2ccccc2)c1. The molecule has 0 aromatic heterocycles. The Morgan fingerprint density at radius 3 is 1.87 bits per heavy atom. The van der Waals surface area contributed by atoms with Crippen molar-refractivity contribution in [3.63, 3.8) is 0 Å². The third-order valence-electron chi connectivity index (χ3n) is 4.07. The number of hydrogen-bond acceptors (Lipinski definition) is 1. The predicted molar refractivity (Wildman–Crippen MR) is 101 cm³/mol. The molecule has 23 heavy (non-hydrogen) atoms. The van der Waals surface area contributed by atoms with Gasteiger partial charge in [0.15, 0.2) is 0 Å². The van der Waals surface area contributed by atoms with E-state index in [0.717, 1.165) is 11.3 Å². The number of benzene rings is 3. The minimum Gasteiger partial charge on any atom is -0.535 e. The Morgan fingerprint density at radius 1 is 0.783 bits per heavy atom. The molecule has 0 aliphatic rings. The lowest BCUT2D eigenvalue weighted by molar-refractivity contribution is 0.571. The molecule has 0 atom stereocenters. The Kier molecular flexibility index (Phi) is 4.44. The molecule has 0 unspecified atom stereocenters. The van der Waals surface area contributed by atoms with Gasteiger partial charge in [0.25, 0.3) is 0 Å². The van der Waals surface area contributed by atoms with Crippen LogP contribution in [-0.2, 0) is 0 Å². The Bertz CT molecular complexity index is 742. The molecule has 0 N–H and O–H groups in total. The second-order valence-corrected chi connectivity index (χ2v) is 9.07. The van der Waals surface area contributed by atoms with Crippen LogP contribution in [0.5, 0.6) is 5.75 Å². The fourth-order valence-electron chi connectivity index (χ4n) is 2.74. The highest BCUT2D eigenvalue weighted by Gasteiger charge is 2.35. The molecule has 2 heteroatoms. The summed E-state index contributed by atoms with van der Waals surface area (Å²) in [6, 6.07) is 29.2. The largest absolute Gasteiger partial charge is 0.535 e. The van der Waals surface area contributed by atoms with Crippen LogP contribution in [0.15, 0.2) is 91.5 Å². The molecule has 0 fully saturated rings. The van der Waals surface area contributed by atoms with Gasteiger partial charge in [-0.1, -0.05) is 85.5 Å². The van der Waals surface area contributed by atoms with Crippen molar-refractivity contribution in [1.82, 2.24) is 0 Å². The van der Waals surface area contributed by atoms with Gasteiger partial charge in [-0.05, 0) is 34.6 Å². The summed E-state index contributed by atoms with van der Waals surface area (Å²) in [5.41, 5.74) is 1.07. The van der Waals surface area contributed by atoms with Crippen molar-refractivity contribution < 1.29 is 4.43 Å². The van der Waals surface area contributed by atoms with E-state index >= 15 is 0 Å². The molecular weight excluding hydrogens is 296 g/mol. The molecule has 3 rings (SSSR count). The van der Waals surface area contributed by atoms with E-state index in [4.69, 9.17) is 4.43 Å². The van der Waals surface area contributed by atoms with Crippen LogP contribution in [0.25, 0.3) is 6.08 Å². The van der Waals surface area contributed by atoms with E-state index in [1.165, 1.54) is 10.4 Å². The van der Waals surface area contributed by atoms with Gasteiger partial charge in [0, 0.05) is 0 Å². The van der Waals surface area contributed by atoms with Crippen LogP contribution in [-0.4, -0.2) is 8.32 Å². The Labute approximate surface area is 139 Å². The molecule has 0 saturated heterocycles. The molecule has 0 aliphatic heterocycles. The highest BCUT2D eigenvalue weighted by atomic mass is 28.4. The molecule has 0 spiro atoms.